The van der Waals surface area contributed by atoms with Crippen LogP contribution in [-0.4, -0.2) is 35.0 Å². The molecule has 0 saturated carbocycles. The van der Waals surface area contributed by atoms with Gasteiger partial charge >= 0.3 is 5.97 Å². The molecule has 0 unspecified atom stereocenters. The summed E-state index contributed by atoms with van der Waals surface area (Å²) in [4.78, 5) is 33.1. The predicted molar refractivity (Wildman–Crippen MR) is 57.7 cm³/mol. The van der Waals surface area contributed by atoms with E-state index in [0.717, 1.165) is 0 Å². The molecule has 0 spiro atoms. The molecule has 0 aromatic heterocycles. The Hall–Kier alpha value is -1.59. The van der Waals surface area contributed by atoms with E-state index in [0.29, 0.717) is 0 Å². The molecule has 0 fully saturated rings. The summed E-state index contributed by atoms with van der Waals surface area (Å²) < 4.78 is 0. The Morgan fingerprint density at radius 3 is 1.88 bits per heavy atom. The lowest BCUT2D eigenvalue weighted by molar-refractivity contribution is -0.141. The van der Waals surface area contributed by atoms with Gasteiger partial charge in [-0.15, -0.1) is 0 Å². The van der Waals surface area contributed by atoms with Crippen molar-refractivity contribution in [2.75, 3.05) is 0 Å². The van der Waals surface area contributed by atoms with E-state index in [1.807, 2.05) is 0 Å². The van der Waals surface area contributed by atoms with Crippen molar-refractivity contribution in [3.63, 3.8) is 0 Å². The maximum absolute atomic E-state index is 11.6. The minimum atomic E-state index is -1.11. The molecule has 2 amide bonds. The van der Waals surface area contributed by atoms with Crippen molar-refractivity contribution in [2.45, 2.75) is 39.8 Å². The number of carbonyl (C=O) groups excluding carboxylic acids is 2. The Morgan fingerprint density at radius 2 is 1.56 bits per heavy atom. The molecule has 0 rings (SSSR count). The van der Waals surface area contributed by atoms with E-state index < -0.39 is 24.0 Å². The quantitative estimate of drug-likeness (QED) is 0.606. The van der Waals surface area contributed by atoms with E-state index in [1.54, 1.807) is 13.8 Å². The van der Waals surface area contributed by atoms with Crippen LogP contribution in [0, 0.1) is 5.92 Å². The molecule has 16 heavy (non-hydrogen) atoms. The molecule has 0 heterocycles. The average molecular weight is 230 g/mol. The lowest BCUT2D eigenvalue weighted by atomic mass is 10.0. The lowest BCUT2D eigenvalue weighted by Gasteiger charge is -2.22. The summed E-state index contributed by atoms with van der Waals surface area (Å²) >= 11 is 0. The third-order valence-corrected chi connectivity index (χ3v) is 2.04. The van der Waals surface area contributed by atoms with E-state index in [4.69, 9.17) is 5.11 Å². The Balaban J connectivity index is 4.50. The molecule has 0 aromatic rings. The highest BCUT2D eigenvalue weighted by atomic mass is 16.4. The van der Waals surface area contributed by atoms with Gasteiger partial charge in [-0.05, 0) is 12.8 Å². The zero-order valence-corrected chi connectivity index (χ0v) is 9.90. The van der Waals surface area contributed by atoms with E-state index in [9.17, 15) is 14.4 Å². The van der Waals surface area contributed by atoms with Crippen LogP contribution >= 0.6 is 0 Å². The molecule has 0 saturated heterocycles. The maximum atomic E-state index is 11.6. The molecule has 2 atom stereocenters. The summed E-state index contributed by atoms with van der Waals surface area (Å²) in [6.45, 7) is 6.21. The Labute approximate surface area is 94.4 Å². The fourth-order valence-electron chi connectivity index (χ4n) is 1.12. The summed E-state index contributed by atoms with van der Waals surface area (Å²) in [5.74, 6) is -2.03. The highest BCUT2D eigenvalue weighted by molar-refractivity contribution is 5.89. The highest BCUT2D eigenvalue weighted by Gasteiger charge is 2.25. The molecule has 0 bridgehead atoms. The third kappa shape index (κ3) is 4.77. The summed E-state index contributed by atoms with van der Waals surface area (Å²) in [5.41, 5.74) is 0. The summed E-state index contributed by atoms with van der Waals surface area (Å²) in [6, 6.07) is -1.68. The van der Waals surface area contributed by atoms with E-state index >= 15 is 0 Å². The topological polar surface area (TPSA) is 95.5 Å². The lowest BCUT2D eigenvalue weighted by Crippen LogP contribution is -2.52. The second-order valence-corrected chi connectivity index (χ2v) is 3.99. The van der Waals surface area contributed by atoms with Crippen LogP contribution in [0.1, 0.15) is 27.7 Å². The Kier molecular flexibility index (Phi) is 5.49. The van der Waals surface area contributed by atoms with Gasteiger partial charge in [-0.25, -0.2) is 0 Å². The van der Waals surface area contributed by atoms with Crippen molar-refractivity contribution in [1.29, 1.82) is 0 Å². The van der Waals surface area contributed by atoms with Gasteiger partial charge in [0.25, 0.3) is 0 Å². The van der Waals surface area contributed by atoms with Crippen molar-refractivity contribution < 1.29 is 19.5 Å². The van der Waals surface area contributed by atoms with Crippen molar-refractivity contribution in [1.82, 2.24) is 10.6 Å². The largest absolute Gasteiger partial charge is 0.480 e. The standard InChI is InChI=1S/C10H18N2O4/c1-5(2)8(12-7(4)13)9(14)11-6(3)10(15)16/h5-6,8H,1-4H3,(H,11,14)(H,12,13)(H,15,16)/t6-,8-/m1/s1. The average Bonchev–Trinajstić information content (AvgIpc) is 2.12. The van der Waals surface area contributed by atoms with Gasteiger partial charge in [0.15, 0.2) is 0 Å². The van der Waals surface area contributed by atoms with Gasteiger partial charge in [0.1, 0.15) is 12.1 Å². The number of hydrogen-bond donors (Lipinski definition) is 3. The number of aliphatic carboxylic acids is 1. The summed E-state index contributed by atoms with van der Waals surface area (Å²) in [7, 11) is 0. The van der Waals surface area contributed by atoms with E-state index in [-0.39, 0.29) is 11.8 Å². The smallest absolute Gasteiger partial charge is 0.325 e. The summed E-state index contributed by atoms with van der Waals surface area (Å²) in [6.07, 6.45) is 0. The predicted octanol–water partition coefficient (Wildman–Crippen LogP) is -0.264. The monoisotopic (exact) mass is 230 g/mol. The first-order chi connectivity index (χ1) is 7.25. The summed E-state index contributed by atoms with van der Waals surface area (Å²) in [5, 5.41) is 13.4. The molecule has 0 radical (unpaired) electrons. The number of carbonyl (C=O) groups is 3. The SMILES string of the molecule is CC(=O)N[C@@H](C(=O)N[C@H](C)C(=O)O)C(C)C. The Morgan fingerprint density at radius 1 is 1.06 bits per heavy atom. The van der Waals surface area contributed by atoms with Gasteiger partial charge in [-0.3, -0.25) is 14.4 Å². The normalized spacial score (nSPS) is 14.1. The van der Waals surface area contributed by atoms with Gasteiger partial charge in [-0.1, -0.05) is 13.8 Å². The van der Waals surface area contributed by atoms with Crippen molar-refractivity contribution in [3.8, 4) is 0 Å². The van der Waals surface area contributed by atoms with Gasteiger partial charge < -0.3 is 15.7 Å². The minimum absolute atomic E-state index is 0.107. The molecule has 0 aliphatic heterocycles. The first-order valence-electron chi connectivity index (χ1n) is 5.06. The second-order valence-electron chi connectivity index (χ2n) is 3.99. The van der Waals surface area contributed by atoms with Gasteiger partial charge in [-0.2, -0.15) is 0 Å². The number of carboxylic acid groups (broad SMARTS) is 1. The van der Waals surface area contributed by atoms with Crippen molar-refractivity contribution >= 4 is 17.8 Å². The van der Waals surface area contributed by atoms with Gasteiger partial charge in [0, 0.05) is 6.92 Å². The molecular formula is C10H18N2O4. The molecule has 3 N–H and O–H groups in total. The van der Waals surface area contributed by atoms with Crippen LogP contribution in [0.25, 0.3) is 0 Å². The first kappa shape index (κ1) is 14.4. The van der Waals surface area contributed by atoms with E-state index in [1.165, 1.54) is 13.8 Å². The van der Waals surface area contributed by atoms with Crippen LogP contribution < -0.4 is 10.6 Å². The number of hydrogen-bond acceptors (Lipinski definition) is 3. The fourth-order valence-corrected chi connectivity index (χ4v) is 1.12. The number of rotatable bonds is 5. The zero-order valence-electron chi connectivity index (χ0n) is 9.90. The van der Waals surface area contributed by atoms with Crippen LogP contribution in [0.2, 0.25) is 0 Å². The van der Waals surface area contributed by atoms with Crippen LogP contribution in [0.15, 0.2) is 0 Å². The maximum Gasteiger partial charge on any atom is 0.325 e. The van der Waals surface area contributed by atoms with Crippen LogP contribution in [0.5, 0.6) is 0 Å². The molecule has 92 valence electrons. The van der Waals surface area contributed by atoms with Crippen LogP contribution in [-0.2, 0) is 14.4 Å². The number of carboxylic acids is 1. The Bertz CT molecular complexity index is 289. The van der Waals surface area contributed by atoms with Crippen molar-refractivity contribution in [2.24, 2.45) is 5.92 Å². The van der Waals surface area contributed by atoms with Crippen molar-refractivity contribution in [3.05, 3.63) is 0 Å². The van der Waals surface area contributed by atoms with Crippen LogP contribution in [0.4, 0.5) is 0 Å². The fraction of sp³-hybridized carbons (Fsp3) is 0.700. The van der Waals surface area contributed by atoms with Crippen LogP contribution in [0.3, 0.4) is 0 Å². The zero-order chi connectivity index (χ0) is 12.9. The van der Waals surface area contributed by atoms with Gasteiger partial charge in [0.2, 0.25) is 11.8 Å². The van der Waals surface area contributed by atoms with Gasteiger partial charge in [0.05, 0.1) is 0 Å². The molecule has 0 aliphatic rings. The minimum Gasteiger partial charge on any atom is -0.480 e. The molecule has 6 nitrogen and oxygen atoms in total. The number of amides is 2. The number of nitrogens with one attached hydrogen (secondary N) is 2. The molecular weight excluding hydrogens is 212 g/mol. The second kappa shape index (κ2) is 6.09. The highest BCUT2D eigenvalue weighted by Crippen LogP contribution is 2.02. The molecule has 6 heteroatoms. The third-order valence-electron chi connectivity index (χ3n) is 2.04. The molecule has 0 aliphatic carbocycles. The van der Waals surface area contributed by atoms with E-state index in [2.05, 4.69) is 10.6 Å². The first-order valence-corrected chi connectivity index (χ1v) is 5.06. The molecule has 0 aromatic carbocycles.